The van der Waals surface area contributed by atoms with E-state index in [9.17, 15) is 4.79 Å². The van der Waals surface area contributed by atoms with Gasteiger partial charge in [0.15, 0.2) is 0 Å². The Balaban J connectivity index is 1.28. The van der Waals surface area contributed by atoms with Crippen LogP contribution in [0, 0.1) is 0 Å². The fraction of sp³-hybridized carbons (Fsp3) is 0.286. The highest BCUT2D eigenvalue weighted by atomic mass is 32.1. The average molecular weight is 384 g/mol. The molecule has 2 N–H and O–H groups in total. The van der Waals surface area contributed by atoms with Gasteiger partial charge in [0.25, 0.3) is 5.91 Å². The normalized spacial score (nSPS) is 20.0. The van der Waals surface area contributed by atoms with Crippen LogP contribution in [0.25, 0.3) is 9.75 Å². The van der Waals surface area contributed by atoms with Gasteiger partial charge in [-0.15, -0.1) is 22.7 Å². The number of quaternary nitrogens is 1. The Morgan fingerprint density at radius 1 is 1.00 bits per heavy atom. The topological polar surface area (TPSA) is 33.5 Å². The minimum atomic E-state index is 0.0781. The Kier molecular flexibility index (Phi) is 5.48. The molecule has 0 bridgehead atoms. The van der Waals surface area contributed by atoms with E-state index in [-0.39, 0.29) is 5.91 Å². The molecular formula is C21H23N2OS2+. The van der Waals surface area contributed by atoms with Crippen molar-refractivity contribution < 1.29 is 9.69 Å². The molecule has 0 atom stereocenters. The second-order valence-electron chi connectivity index (χ2n) is 6.80. The maximum Gasteiger partial charge on any atom is 0.261 e. The number of carbonyl (C=O) groups excluding carboxylic acids is 1. The number of likely N-dealkylation sites (tertiary alicyclic amines) is 1. The van der Waals surface area contributed by atoms with Gasteiger partial charge in [0.1, 0.15) is 6.54 Å². The highest BCUT2D eigenvalue weighted by Gasteiger charge is 2.24. The summed E-state index contributed by atoms with van der Waals surface area (Å²) in [5, 5.41) is 5.31. The van der Waals surface area contributed by atoms with Crippen LogP contribution < -0.4 is 10.2 Å². The summed E-state index contributed by atoms with van der Waals surface area (Å²) < 4.78 is 0. The van der Waals surface area contributed by atoms with Gasteiger partial charge in [-0.25, -0.2) is 0 Å². The Morgan fingerprint density at radius 2 is 1.81 bits per heavy atom. The quantitative estimate of drug-likeness (QED) is 0.695. The number of hydrogen-bond donors (Lipinski definition) is 2. The van der Waals surface area contributed by atoms with Gasteiger partial charge in [-0.3, -0.25) is 4.79 Å². The summed E-state index contributed by atoms with van der Waals surface area (Å²) in [5.74, 6) is 0.0781. The van der Waals surface area contributed by atoms with Crippen molar-refractivity contribution in [2.45, 2.75) is 25.4 Å². The smallest absolute Gasteiger partial charge is 0.261 e. The van der Waals surface area contributed by atoms with E-state index in [1.807, 2.05) is 12.1 Å². The van der Waals surface area contributed by atoms with E-state index >= 15 is 0 Å². The third kappa shape index (κ3) is 4.23. The third-order valence-corrected chi connectivity index (χ3v) is 7.07. The van der Waals surface area contributed by atoms with Crippen LogP contribution in [0.2, 0.25) is 0 Å². The lowest BCUT2D eigenvalue weighted by atomic mass is 10.0. The van der Waals surface area contributed by atoms with Crippen LogP contribution in [-0.4, -0.2) is 25.0 Å². The van der Waals surface area contributed by atoms with Crippen LogP contribution in [0.1, 0.15) is 28.1 Å². The van der Waals surface area contributed by atoms with E-state index in [4.69, 9.17) is 0 Å². The zero-order valence-corrected chi connectivity index (χ0v) is 16.2. The first-order chi connectivity index (χ1) is 12.8. The van der Waals surface area contributed by atoms with Crippen LogP contribution in [0.5, 0.6) is 0 Å². The van der Waals surface area contributed by atoms with Gasteiger partial charge >= 0.3 is 0 Å². The molecule has 4 rings (SSSR count). The molecular weight excluding hydrogens is 360 g/mol. The largest absolute Gasteiger partial charge is 0.348 e. The van der Waals surface area contributed by atoms with Crippen molar-refractivity contribution in [1.29, 1.82) is 0 Å². The molecule has 0 radical (unpaired) electrons. The molecule has 3 nitrogen and oxygen atoms in total. The number of nitrogens with one attached hydrogen (secondary N) is 2. The van der Waals surface area contributed by atoms with E-state index in [2.05, 4.69) is 53.2 Å². The van der Waals surface area contributed by atoms with Crippen molar-refractivity contribution >= 4 is 28.6 Å². The molecule has 1 amide bonds. The van der Waals surface area contributed by atoms with Gasteiger partial charge < -0.3 is 10.2 Å². The summed E-state index contributed by atoms with van der Waals surface area (Å²) in [7, 11) is 0. The molecule has 0 aliphatic carbocycles. The summed E-state index contributed by atoms with van der Waals surface area (Å²) in [5.41, 5.74) is 1.39. The molecule has 2 aromatic heterocycles. The van der Waals surface area contributed by atoms with E-state index in [0.717, 1.165) is 37.4 Å². The molecule has 3 aromatic rings. The van der Waals surface area contributed by atoms with Gasteiger partial charge in [-0.1, -0.05) is 36.4 Å². The first-order valence-corrected chi connectivity index (χ1v) is 10.8. The Labute approximate surface area is 162 Å². The maximum atomic E-state index is 12.6. The second-order valence-corrected chi connectivity index (χ2v) is 8.83. The van der Waals surface area contributed by atoms with Gasteiger partial charge in [0.05, 0.1) is 18.0 Å². The van der Waals surface area contributed by atoms with Gasteiger partial charge in [-0.05, 0) is 23.6 Å². The number of hydrogen-bond acceptors (Lipinski definition) is 3. The molecule has 0 saturated carbocycles. The summed E-state index contributed by atoms with van der Waals surface area (Å²) in [6, 6.07) is 19.1. The highest BCUT2D eigenvalue weighted by molar-refractivity contribution is 7.22. The number of carbonyl (C=O) groups is 1. The molecule has 1 saturated heterocycles. The number of thiophene rings is 2. The molecule has 1 aliphatic rings. The van der Waals surface area contributed by atoms with Crippen molar-refractivity contribution in [3.8, 4) is 9.75 Å². The second kappa shape index (κ2) is 8.16. The fourth-order valence-electron chi connectivity index (χ4n) is 3.50. The molecule has 3 heterocycles. The molecule has 5 heteroatoms. The molecule has 1 aromatic carbocycles. The Bertz CT molecular complexity index is 834. The lowest BCUT2D eigenvalue weighted by Gasteiger charge is -2.29. The molecule has 0 unspecified atom stereocenters. The summed E-state index contributed by atoms with van der Waals surface area (Å²) >= 11 is 3.30. The first kappa shape index (κ1) is 17.5. The minimum Gasteiger partial charge on any atom is -0.348 e. The third-order valence-electron chi connectivity index (χ3n) is 4.92. The molecule has 1 fully saturated rings. The number of piperidine rings is 1. The van der Waals surface area contributed by atoms with Crippen molar-refractivity contribution in [3.05, 3.63) is 70.4 Å². The zero-order valence-electron chi connectivity index (χ0n) is 14.6. The van der Waals surface area contributed by atoms with Crippen LogP contribution in [0.3, 0.4) is 0 Å². The number of benzene rings is 1. The lowest BCUT2D eigenvalue weighted by molar-refractivity contribution is -0.918. The Hall–Kier alpha value is -1.95. The van der Waals surface area contributed by atoms with Crippen molar-refractivity contribution in [2.75, 3.05) is 13.1 Å². The summed E-state index contributed by atoms with van der Waals surface area (Å²) in [4.78, 5) is 17.4. The zero-order chi connectivity index (χ0) is 17.8. The fourth-order valence-corrected chi connectivity index (χ4v) is 5.24. The van der Waals surface area contributed by atoms with Crippen molar-refractivity contribution in [1.82, 2.24) is 5.32 Å². The number of rotatable bonds is 5. The number of amides is 1. The van der Waals surface area contributed by atoms with E-state index in [1.54, 1.807) is 27.6 Å². The van der Waals surface area contributed by atoms with E-state index < -0.39 is 0 Å². The van der Waals surface area contributed by atoms with Crippen LogP contribution >= 0.6 is 22.7 Å². The standard InChI is InChI=1S/C21H22N2OS2/c24-21(20-9-8-19(26-20)18-7-4-14-25-18)22-17-10-12-23(13-11-17)15-16-5-2-1-3-6-16/h1-9,14,17H,10-13,15H2,(H,22,24)/p+1. The van der Waals surface area contributed by atoms with Crippen molar-refractivity contribution in [2.24, 2.45) is 0 Å². The van der Waals surface area contributed by atoms with E-state index in [0.29, 0.717) is 6.04 Å². The maximum absolute atomic E-state index is 12.6. The van der Waals surface area contributed by atoms with Crippen LogP contribution in [0.15, 0.2) is 60.0 Å². The van der Waals surface area contributed by atoms with Crippen LogP contribution in [-0.2, 0) is 6.54 Å². The van der Waals surface area contributed by atoms with Crippen LogP contribution in [0.4, 0.5) is 0 Å². The molecule has 0 spiro atoms. The van der Waals surface area contributed by atoms with Gasteiger partial charge in [0.2, 0.25) is 0 Å². The summed E-state index contributed by atoms with van der Waals surface area (Å²) in [6.07, 6.45) is 2.11. The van der Waals surface area contributed by atoms with Gasteiger partial charge in [0, 0.05) is 34.2 Å². The van der Waals surface area contributed by atoms with E-state index in [1.165, 1.54) is 15.3 Å². The first-order valence-electron chi connectivity index (χ1n) is 9.10. The predicted octanol–water partition coefficient (Wildman–Crippen LogP) is 3.45. The monoisotopic (exact) mass is 383 g/mol. The SMILES string of the molecule is O=C(NC1CC[NH+](Cc2ccccc2)CC1)c1ccc(-c2cccs2)s1. The molecule has 26 heavy (non-hydrogen) atoms. The lowest BCUT2D eigenvalue weighted by Crippen LogP contribution is -3.12. The van der Waals surface area contributed by atoms with Gasteiger partial charge in [-0.2, -0.15) is 0 Å². The Morgan fingerprint density at radius 3 is 2.54 bits per heavy atom. The predicted molar refractivity (Wildman–Crippen MR) is 109 cm³/mol. The molecule has 1 aliphatic heterocycles. The molecule has 134 valence electrons. The average Bonchev–Trinajstić information content (AvgIpc) is 3.36. The highest BCUT2D eigenvalue weighted by Crippen LogP contribution is 2.31. The summed E-state index contributed by atoms with van der Waals surface area (Å²) in [6.45, 7) is 3.31. The minimum absolute atomic E-state index is 0.0781. The van der Waals surface area contributed by atoms with Crippen molar-refractivity contribution in [3.63, 3.8) is 0 Å².